The van der Waals surface area contributed by atoms with Crippen molar-refractivity contribution in [2.24, 2.45) is 0 Å². The van der Waals surface area contributed by atoms with Crippen molar-refractivity contribution in [2.75, 3.05) is 6.61 Å². The van der Waals surface area contributed by atoms with Gasteiger partial charge >= 0.3 is 5.97 Å². The van der Waals surface area contributed by atoms with Crippen LogP contribution >= 0.6 is 23.4 Å². The highest BCUT2D eigenvalue weighted by molar-refractivity contribution is 8.18. The molecule has 1 fully saturated rings. The lowest BCUT2D eigenvalue weighted by atomic mass is 10.0. The SMILES string of the molecule is CCOC(=O)[C@H](C)N1C(=O)S/C(=C/c2c(OCc3ccc(Cl)cc3)ccc3ccccc23)C1=O. The highest BCUT2D eigenvalue weighted by atomic mass is 35.5. The first-order valence-corrected chi connectivity index (χ1v) is 11.9. The van der Waals surface area contributed by atoms with Gasteiger partial charge in [-0.1, -0.05) is 54.1 Å². The molecule has 2 amide bonds. The Bertz CT molecular complexity index is 1290. The maximum absolute atomic E-state index is 13.1. The third-order valence-electron chi connectivity index (χ3n) is 5.35. The Balaban J connectivity index is 1.69. The van der Waals surface area contributed by atoms with E-state index >= 15 is 0 Å². The first-order valence-electron chi connectivity index (χ1n) is 10.7. The summed E-state index contributed by atoms with van der Waals surface area (Å²) in [5.74, 6) is -0.589. The van der Waals surface area contributed by atoms with Crippen LogP contribution in [0.1, 0.15) is 25.0 Å². The van der Waals surface area contributed by atoms with Gasteiger partial charge in [0.05, 0.1) is 11.5 Å². The van der Waals surface area contributed by atoms with Gasteiger partial charge in [0, 0.05) is 10.6 Å². The van der Waals surface area contributed by atoms with E-state index in [1.807, 2.05) is 48.5 Å². The van der Waals surface area contributed by atoms with Crippen LogP contribution in [0.25, 0.3) is 16.8 Å². The molecule has 34 heavy (non-hydrogen) atoms. The summed E-state index contributed by atoms with van der Waals surface area (Å²) in [6, 6.07) is 17.8. The van der Waals surface area contributed by atoms with Gasteiger partial charge in [0.25, 0.3) is 11.1 Å². The van der Waals surface area contributed by atoms with Crippen LogP contribution in [-0.2, 0) is 20.9 Å². The molecule has 0 N–H and O–H groups in total. The zero-order valence-corrected chi connectivity index (χ0v) is 20.2. The summed E-state index contributed by atoms with van der Waals surface area (Å²) in [6.07, 6.45) is 1.66. The largest absolute Gasteiger partial charge is 0.488 e. The predicted octanol–water partition coefficient (Wildman–Crippen LogP) is 6.06. The number of benzene rings is 3. The molecule has 0 aromatic heterocycles. The minimum absolute atomic E-state index is 0.166. The molecule has 1 saturated heterocycles. The Labute approximate surface area is 206 Å². The van der Waals surface area contributed by atoms with Crippen molar-refractivity contribution in [3.8, 4) is 5.75 Å². The van der Waals surface area contributed by atoms with E-state index in [9.17, 15) is 14.4 Å². The Morgan fingerprint density at radius 2 is 1.82 bits per heavy atom. The summed E-state index contributed by atoms with van der Waals surface area (Å²) in [5.41, 5.74) is 1.62. The summed E-state index contributed by atoms with van der Waals surface area (Å²) in [4.78, 5) is 39.0. The molecular weight excluding hydrogens is 474 g/mol. The number of thioether (sulfide) groups is 1. The van der Waals surface area contributed by atoms with Crippen molar-refractivity contribution in [3.05, 3.63) is 81.7 Å². The highest BCUT2D eigenvalue weighted by Gasteiger charge is 2.41. The minimum Gasteiger partial charge on any atom is -0.488 e. The van der Waals surface area contributed by atoms with Crippen LogP contribution < -0.4 is 4.74 Å². The van der Waals surface area contributed by atoms with Crippen LogP contribution in [0.5, 0.6) is 5.75 Å². The first kappa shape index (κ1) is 23.9. The molecule has 0 bridgehead atoms. The maximum atomic E-state index is 13.1. The van der Waals surface area contributed by atoms with Crippen molar-refractivity contribution in [2.45, 2.75) is 26.5 Å². The Kier molecular flexibility index (Phi) is 7.24. The maximum Gasteiger partial charge on any atom is 0.329 e. The number of hydrogen-bond donors (Lipinski definition) is 0. The number of rotatable bonds is 7. The molecule has 0 aliphatic carbocycles. The van der Waals surface area contributed by atoms with Crippen LogP contribution in [0.15, 0.2) is 65.6 Å². The number of ether oxygens (including phenoxy) is 2. The molecule has 0 saturated carbocycles. The molecule has 1 aliphatic heterocycles. The van der Waals surface area contributed by atoms with Gasteiger partial charge in [-0.25, -0.2) is 4.79 Å². The van der Waals surface area contributed by atoms with E-state index in [0.29, 0.717) is 22.9 Å². The number of hydrogen-bond acceptors (Lipinski definition) is 6. The van der Waals surface area contributed by atoms with Gasteiger partial charge in [-0.05, 0) is 66.2 Å². The van der Waals surface area contributed by atoms with E-state index in [4.69, 9.17) is 21.1 Å². The molecule has 3 aromatic carbocycles. The molecule has 1 atom stereocenters. The molecule has 0 unspecified atom stereocenters. The molecule has 8 heteroatoms. The van der Waals surface area contributed by atoms with Crippen molar-refractivity contribution in [1.29, 1.82) is 0 Å². The summed E-state index contributed by atoms with van der Waals surface area (Å²) in [7, 11) is 0. The van der Waals surface area contributed by atoms with E-state index in [2.05, 4.69) is 0 Å². The van der Waals surface area contributed by atoms with Crippen LogP contribution in [0.2, 0.25) is 5.02 Å². The van der Waals surface area contributed by atoms with Gasteiger partial charge < -0.3 is 9.47 Å². The zero-order chi connectivity index (χ0) is 24.2. The van der Waals surface area contributed by atoms with Gasteiger partial charge in [-0.2, -0.15) is 0 Å². The fraction of sp³-hybridized carbons (Fsp3) is 0.192. The van der Waals surface area contributed by atoms with Crippen LogP contribution in [0, 0.1) is 0 Å². The topological polar surface area (TPSA) is 72.9 Å². The first-order chi connectivity index (χ1) is 16.4. The number of esters is 1. The average molecular weight is 496 g/mol. The Morgan fingerprint density at radius 3 is 2.56 bits per heavy atom. The van der Waals surface area contributed by atoms with Crippen molar-refractivity contribution in [3.63, 3.8) is 0 Å². The molecule has 1 aliphatic rings. The van der Waals surface area contributed by atoms with E-state index in [1.54, 1.807) is 25.1 Å². The van der Waals surface area contributed by atoms with Gasteiger partial charge in [0.1, 0.15) is 18.4 Å². The third kappa shape index (κ3) is 4.95. The van der Waals surface area contributed by atoms with Crippen molar-refractivity contribution < 1.29 is 23.9 Å². The summed E-state index contributed by atoms with van der Waals surface area (Å²) in [5, 5.41) is 1.97. The molecule has 1 heterocycles. The standard InChI is InChI=1S/C26H22ClNO5S/c1-3-32-25(30)16(2)28-24(29)23(34-26(28)31)14-21-20-7-5-4-6-18(20)10-13-22(21)33-15-17-8-11-19(27)12-9-17/h4-14,16H,3,15H2,1-2H3/b23-14+/t16-/m0/s1. The smallest absolute Gasteiger partial charge is 0.329 e. The number of carbonyl (C=O) groups is 3. The molecule has 174 valence electrons. The van der Waals surface area contributed by atoms with E-state index in [0.717, 1.165) is 33.0 Å². The Hall–Kier alpha value is -3.29. The van der Waals surface area contributed by atoms with E-state index < -0.39 is 23.2 Å². The van der Waals surface area contributed by atoms with Crippen molar-refractivity contribution >= 4 is 57.3 Å². The van der Waals surface area contributed by atoms with Crippen LogP contribution in [0.3, 0.4) is 0 Å². The van der Waals surface area contributed by atoms with Gasteiger partial charge in [-0.3, -0.25) is 14.5 Å². The number of halogens is 1. The van der Waals surface area contributed by atoms with E-state index in [-0.39, 0.29) is 11.5 Å². The van der Waals surface area contributed by atoms with Gasteiger partial charge in [-0.15, -0.1) is 0 Å². The lowest BCUT2D eigenvalue weighted by Gasteiger charge is -2.19. The summed E-state index contributed by atoms with van der Waals surface area (Å²) >= 11 is 6.76. The average Bonchev–Trinajstić information content (AvgIpc) is 3.11. The summed E-state index contributed by atoms with van der Waals surface area (Å²) < 4.78 is 11.1. The van der Waals surface area contributed by atoms with Gasteiger partial charge in [0.15, 0.2) is 0 Å². The number of amides is 2. The van der Waals surface area contributed by atoms with Crippen LogP contribution in [0.4, 0.5) is 4.79 Å². The Morgan fingerprint density at radius 1 is 1.09 bits per heavy atom. The second kappa shape index (κ2) is 10.3. The fourth-order valence-corrected chi connectivity index (χ4v) is 4.62. The molecule has 4 rings (SSSR count). The molecule has 3 aromatic rings. The molecule has 6 nitrogen and oxygen atoms in total. The second-order valence-electron chi connectivity index (χ2n) is 7.59. The number of carbonyl (C=O) groups excluding carboxylic acids is 3. The second-order valence-corrected chi connectivity index (χ2v) is 9.02. The highest BCUT2D eigenvalue weighted by Crippen LogP contribution is 2.38. The molecular formula is C26H22ClNO5S. The normalized spacial score (nSPS) is 15.7. The quantitative estimate of drug-likeness (QED) is 0.293. The minimum atomic E-state index is -1.01. The van der Waals surface area contributed by atoms with Gasteiger partial charge in [0.2, 0.25) is 0 Å². The number of imide groups is 1. The van der Waals surface area contributed by atoms with E-state index in [1.165, 1.54) is 6.92 Å². The lowest BCUT2D eigenvalue weighted by Crippen LogP contribution is -2.42. The summed E-state index contributed by atoms with van der Waals surface area (Å²) in [6.45, 7) is 3.62. The molecule has 0 radical (unpaired) electrons. The fourth-order valence-electron chi connectivity index (χ4n) is 3.61. The molecule has 0 spiro atoms. The zero-order valence-electron chi connectivity index (χ0n) is 18.6. The van der Waals surface area contributed by atoms with Crippen molar-refractivity contribution in [1.82, 2.24) is 4.90 Å². The number of nitrogens with zero attached hydrogens (tertiary/aromatic N) is 1. The monoisotopic (exact) mass is 495 g/mol. The predicted molar refractivity (Wildman–Crippen MR) is 134 cm³/mol. The number of fused-ring (bicyclic) bond motifs is 1. The third-order valence-corrected chi connectivity index (χ3v) is 6.49. The lowest BCUT2D eigenvalue weighted by molar-refractivity contribution is -0.150. The van der Waals surface area contributed by atoms with Crippen LogP contribution in [-0.4, -0.2) is 34.7 Å².